The van der Waals surface area contributed by atoms with E-state index in [0.717, 1.165) is 22.5 Å². The molecule has 136 valence electrons. The van der Waals surface area contributed by atoms with E-state index in [1.165, 1.54) is 19.2 Å². The second-order valence-corrected chi connectivity index (χ2v) is 5.40. The molecular weight excluding hydrogens is 388 g/mol. The number of alkyl halides is 3. The van der Waals surface area contributed by atoms with Gasteiger partial charge >= 0.3 is 6.18 Å². The summed E-state index contributed by atoms with van der Waals surface area (Å²) in [5.74, 6) is -0.580. The summed E-state index contributed by atoms with van der Waals surface area (Å²) in [6.45, 7) is 0.216. The maximum Gasteiger partial charge on any atom is 0.435 e. The van der Waals surface area contributed by atoms with Crippen LogP contribution in [0.4, 0.5) is 17.6 Å². The molecule has 0 atom stereocenters. The third-order valence-electron chi connectivity index (χ3n) is 3.52. The summed E-state index contributed by atoms with van der Waals surface area (Å²) in [5.41, 5.74) is -0.738. The van der Waals surface area contributed by atoms with Gasteiger partial charge in [-0.1, -0.05) is 0 Å². The average Bonchev–Trinajstić information content (AvgIpc) is 2.96. The smallest absolute Gasteiger partial charge is 0.435 e. The van der Waals surface area contributed by atoms with Crippen molar-refractivity contribution in [1.29, 1.82) is 0 Å². The fourth-order valence-corrected chi connectivity index (χ4v) is 2.38. The summed E-state index contributed by atoms with van der Waals surface area (Å²) < 4.78 is 60.0. The van der Waals surface area contributed by atoms with E-state index in [4.69, 9.17) is 4.74 Å². The van der Waals surface area contributed by atoms with Crippen LogP contribution in [-0.4, -0.2) is 9.78 Å². The molecule has 0 radical (unpaired) electrons. The van der Waals surface area contributed by atoms with E-state index in [2.05, 4.69) is 11.2 Å². The Bertz CT molecular complexity index is 879. The molecule has 0 aliphatic carbocycles. The summed E-state index contributed by atoms with van der Waals surface area (Å²) in [5, 5.41) is 3.39. The van der Waals surface area contributed by atoms with Crippen LogP contribution in [0.5, 0.6) is 5.75 Å². The van der Waals surface area contributed by atoms with E-state index < -0.39 is 17.7 Å². The van der Waals surface area contributed by atoms with E-state index in [-0.39, 0.29) is 40.8 Å². The molecule has 0 fully saturated rings. The summed E-state index contributed by atoms with van der Waals surface area (Å²) in [6.07, 6.45) is -3.52. The monoisotopic (exact) mass is 401 g/mol. The summed E-state index contributed by atoms with van der Waals surface area (Å²) >= 11 is 0. The van der Waals surface area contributed by atoms with Crippen LogP contribution >= 0.6 is 0 Å². The fourth-order valence-electron chi connectivity index (χ4n) is 2.38. The van der Waals surface area contributed by atoms with Crippen LogP contribution < -0.4 is 4.74 Å². The molecule has 3 aromatic rings. The van der Waals surface area contributed by atoms with Crippen molar-refractivity contribution in [3.63, 3.8) is 0 Å². The summed E-state index contributed by atoms with van der Waals surface area (Å²) in [4.78, 5) is 0. The van der Waals surface area contributed by atoms with Gasteiger partial charge in [0.25, 0.3) is 0 Å². The average molecular weight is 401 g/mol. The largest absolute Gasteiger partial charge is 0.491 e. The minimum absolute atomic E-state index is 0. The minimum atomic E-state index is -4.66. The van der Waals surface area contributed by atoms with Gasteiger partial charge in [0.15, 0.2) is 5.69 Å². The van der Waals surface area contributed by atoms with Crippen LogP contribution in [-0.2, 0) is 37.2 Å². The first kappa shape index (κ1) is 20.0. The van der Waals surface area contributed by atoms with Crippen molar-refractivity contribution >= 4 is 0 Å². The normalized spacial score (nSPS) is 11.1. The molecule has 0 saturated carbocycles. The predicted octanol–water partition coefficient (Wildman–Crippen LogP) is 4.62. The fraction of sp³-hybridized carbons (Fsp3) is 0.167. The molecule has 26 heavy (non-hydrogen) atoms. The number of aryl methyl sites for hydroxylation is 1. The third-order valence-corrected chi connectivity index (χ3v) is 3.52. The number of benzene rings is 2. The molecule has 0 aliphatic heterocycles. The molecule has 0 amide bonds. The predicted molar refractivity (Wildman–Crippen MR) is 83.2 cm³/mol. The topological polar surface area (TPSA) is 27.1 Å². The standard InChI is InChI=1S/C18H13F4N2O.Cr/c1-24-10-15(17(23-24)18(20,21)22)14-8-7-13(9-16(14)19)25-11-12-5-3-2-4-6-12;/h3-10H,11H2,1H3;/q-1;. The quantitative estimate of drug-likeness (QED) is 0.471. The van der Waals surface area contributed by atoms with Crippen molar-refractivity contribution < 1.29 is 39.7 Å². The Morgan fingerprint density at radius 1 is 1.12 bits per heavy atom. The van der Waals surface area contributed by atoms with Gasteiger partial charge in [-0.3, -0.25) is 4.68 Å². The van der Waals surface area contributed by atoms with E-state index in [9.17, 15) is 17.6 Å². The van der Waals surface area contributed by atoms with Crippen molar-refractivity contribution in [3.05, 3.63) is 71.8 Å². The van der Waals surface area contributed by atoms with Crippen molar-refractivity contribution in [2.45, 2.75) is 12.8 Å². The Morgan fingerprint density at radius 2 is 1.81 bits per heavy atom. The zero-order valence-corrected chi connectivity index (χ0v) is 14.8. The first-order chi connectivity index (χ1) is 11.8. The van der Waals surface area contributed by atoms with Gasteiger partial charge in [-0.05, 0) is 12.1 Å². The Kier molecular flexibility index (Phi) is 6.11. The molecule has 0 aliphatic rings. The maximum absolute atomic E-state index is 14.3. The SMILES string of the molecule is Cn1cc(-c2ccc(OCc3cc[c-]cc3)cc2F)c(C(F)(F)F)n1.[Cr]. The van der Waals surface area contributed by atoms with Gasteiger partial charge < -0.3 is 4.74 Å². The molecule has 0 bridgehead atoms. The van der Waals surface area contributed by atoms with Crippen molar-refractivity contribution in [1.82, 2.24) is 9.78 Å². The van der Waals surface area contributed by atoms with Crippen LogP contribution in [0.25, 0.3) is 11.1 Å². The Hall–Kier alpha value is -2.30. The van der Waals surface area contributed by atoms with Crippen molar-refractivity contribution in [3.8, 4) is 16.9 Å². The van der Waals surface area contributed by atoms with Gasteiger partial charge in [0.1, 0.15) is 11.6 Å². The number of hydrogen-bond donors (Lipinski definition) is 0. The third kappa shape index (κ3) is 4.45. The van der Waals surface area contributed by atoms with E-state index in [0.29, 0.717) is 0 Å². The van der Waals surface area contributed by atoms with Gasteiger partial charge in [-0.15, -0.1) is 5.56 Å². The molecule has 3 rings (SSSR count). The first-order valence-corrected chi connectivity index (χ1v) is 7.33. The second-order valence-electron chi connectivity index (χ2n) is 5.40. The Balaban J connectivity index is 0.00000243. The van der Waals surface area contributed by atoms with E-state index in [1.807, 2.05) is 0 Å². The minimum Gasteiger partial charge on any atom is -0.491 e. The zero-order valence-electron chi connectivity index (χ0n) is 13.5. The molecular formula is C18H13CrF4N2O-. The number of aromatic nitrogens is 2. The van der Waals surface area contributed by atoms with Crippen LogP contribution in [0.2, 0.25) is 0 Å². The number of rotatable bonds is 4. The number of nitrogens with zero attached hydrogens (tertiary/aromatic N) is 2. The van der Waals surface area contributed by atoms with Crippen molar-refractivity contribution in [2.24, 2.45) is 7.05 Å². The first-order valence-electron chi connectivity index (χ1n) is 7.33. The van der Waals surface area contributed by atoms with Gasteiger partial charge in [-0.25, -0.2) is 4.39 Å². The van der Waals surface area contributed by atoms with Crippen LogP contribution in [0.15, 0.2) is 48.7 Å². The number of ether oxygens (including phenoxy) is 1. The second kappa shape index (κ2) is 7.94. The molecule has 3 nitrogen and oxygen atoms in total. The van der Waals surface area contributed by atoms with Gasteiger partial charge in [0.2, 0.25) is 0 Å². The molecule has 0 saturated heterocycles. The van der Waals surface area contributed by atoms with Gasteiger partial charge in [0.05, 0.1) is 6.61 Å². The Morgan fingerprint density at radius 3 is 2.42 bits per heavy atom. The molecule has 0 N–H and O–H groups in total. The summed E-state index contributed by atoms with van der Waals surface area (Å²) in [6, 6.07) is 13.7. The van der Waals surface area contributed by atoms with Gasteiger partial charge in [0, 0.05) is 47.8 Å². The molecule has 1 aromatic heterocycles. The van der Waals surface area contributed by atoms with E-state index in [1.54, 1.807) is 24.3 Å². The number of hydrogen-bond acceptors (Lipinski definition) is 2. The molecule has 0 unspecified atom stereocenters. The van der Waals surface area contributed by atoms with Crippen LogP contribution in [0, 0.1) is 11.9 Å². The number of halogens is 4. The Labute approximate surface area is 158 Å². The molecule has 8 heteroatoms. The summed E-state index contributed by atoms with van der Waals surface area (Å²) in [7, 11) is 1.35. The molecule has 2 aromatic carbocycles. The van der Waals surface area contributed by atoms with Gasteiger partial charge in [-0.2, -0.15) is 48.6 Å². The van der Waals surface area contributed by atoms with Crippen LogP contribution in [0.1, 0.15) is 11.3 Å². The maximum atomic E-state index is 14.3. The van der Waals surface area contributed by atoms with E-state index >= 15 is 0 Å². The van der Waals surface area contributed by atoms with Crippen LogP contribution in [0.3, 0.4) is 0 Å². The zero-order chi connectivity index (χ0) is 18.0. The molecule has 1 heterocycles. The molecule has 0 spiro atoms. The van der Waals surface area contributed by atoms with Crippen molar-refractivity contribution in [2.75, 3.05) is 0 Å².